The molecule has 0 aromatic heterocycles. The second-order valence-electron chi connectivity index (χ2n) is 11.0. The Kier molecular flexibility index (Phi) is 16.6. The van der Waals surface area contributed by atoms with E-state index in [2.05, 4.69) is 6.58 Å². The fourth-order valence-electron chi connectivity index (χ4n) is 5.06. The Bertz CT molecular complexity index is 1200. The van der Waals surface area contributed by atoms with Gasteiger partial charge in [0.15, 0.2) is 49.2 Å². The summed E-state index contributed by atoms with van der Waals surface area (Å²) >= 11 is 0. The van der Waals surface area contributed by atoms with Crippen molar-refractivity contribution in [2.24, 2.45) is 0 Å². The molecule has 2 fully saturated rings. The molecule has 18 heteroatoms. The van der Waals surface area contributed by atoms with Crippen molar-refractivity contribution < 1.29 is 85.7 Å². The first-order chi connectivity index (χ1) is 23.0. The van der Waals surface area contributed by atoms with E-state index in [1.54, 1.807) is 6.08 Å². The molecule has 10 atom stereocenters. The van der Waals surface area contributed by atoms with Gasteiger partial charge in [-0.2, -0.15) is 0 Å². The summed E-state index contributed by atoms with van der Waals surface area (Å²) in [4.78, 5) is 84.6. The van der Waals surface area contributed by atoms with Crippen molar-refractivity contribution in [1.29, 1.82) is 0 Å². The lowest BCUT2D eigenvalue weighted by molar-refractivity contribution is -0.334. The van der Waals surface area contributed by atoms with Gasteiger partial charge in [0, 0.05) is 48.5 Å². The molecule has 0 N–H and O–H groups in total. The van der Waals surface area contributed by atoms with Gasteiger partial charge in [-0.3, -0.25) is 33.6 Å². The summed E-state index contributed by atoms with van der Waals surface area (Å²) in [5, 5.41) is 0. The van der Waals surface area contributed by atoms with E-state index in [0.29, 0.717) is 12.8 Å². The van der Waals surface area contributed by atoms with Crippen molar-refractivity contribution in [3.63, 3.8) is 0 Å². The lowest BCUT2D eigenvalue weighted by Gasteiger charge is -2.46. The van der Waals surface area contributed by atoms with Gasteiger partial charge < -0.3 is 52.1 Å². The molecule has 0 aliphatic carbocycles. The Balaban J connectivity index is 2.55. The normalized spacial score (nSPS) is 29.4. The minimum Gasteiger partial charge on any atom is -0.463 e. The highest BCUT2D eigenvalue weighted by Crippen LogP contribution is 2.33. The van der Waals surface area contributed by atoms with Crippen LogP contribution in [0.1, 0.15) is 61.3 Å². The van der Waals surface area contributed by atoms with Crippen molar-refractivity contribution in [1.82, 2.24) is 0 Å². The molecule has 2 saturated heterocycles. The van der Waals surface area contributed by atoms with Gasteiger partial charge in [-0.05, 0) is 12.8 Å². The van der Waals surface area contributed by atoms with E-state index in [1.807, 2.05) is 0 Å². The molecule has 18 nitrogen and oxygen atoms in total. The fourth-order valence-corrected chi connectivity index (χ4v) is 5.06. The molecular weight excluding hydrogens is 660 g/mol. The average molecular weight is 705 g/mol. The second-order valence-corrected chi connectivity index (χ2v) is 11.0. The Morgan fingerprint density at radius 2 is 0.878 bits per heavy atom. The average Bonchev–Trinajstić information content (AvgIpc) is 2.97. The summed E-state index contributed by atoms with van der Waals surface area (Å²) < 4.78 is 61.5. The van der Waals surface area contributed by atoms with Crippen LogP contribution in [0.15, 0.2) is 12.7 Å². The number of hydrogen-bond acceptors (Lipinski definition) is 18. The fraction of sp³-hybridized carbons (Fsp3) is 0.710. The number of carbonyl (C=O) groups excluding carboxylic acids is 7. The van der Waals surface area contributed by atoms with E-state index in [0.717, 1.165) is 48.5 Å². The molecule has 0 aromatic rings. The maximum Gasteiger partial charge on any atom is 0.303 e. The predicted molar refractivity (Wildman–Crippen MR) is 159 cm³/mol. The molecule has 2 aliphatic heterocycles. The van der Waals surface area contributed by atoms with Gasteiger partial charge in [-0.15, -0.1) is 6.58 Å². The zero-order valence-electron chi connectivity index (χ0n) is 28.4. The number of unbranched alkanes of at least 4 members (excludes halogenated alkanes) is 1. The molecule has 2 rings (SSSR count). The Hall–Kier alpha value is -4.13. The van der Waals surface area contributed by atoms with Crippen LogP contribution in [-0.4, -0.2) is 123 Å². The predicted octanol–water partition coefficient (Wildman–Crippen LogP) is 0.589. The lowest BCUT2D eigenvalue weighted by Crippen LogP contribution is -2.65. The largest absolute Gasteiger partial charge is 0.463 e. The van der Waals surface area contributed by atoms with Crippen LogP contribution < -0.4 is 0 Å². The minimum absolute atomic E-state index is 0.0900. The summed E-state index contributed by atoms with van der Waals surface area (Å²) in [6.07, 6.45) is -11.7. The lowest BCUT2D eigenvalue weighted by atomic mass is 9.97. The zero-order valence-corrected chi connectivity index (χ0v) is 28.4. The number of carbonyl (C=O) groups is 7. The first-order valence-corrected chi connectivity index (χ1v) is 15.4. The van der Waals surface area contributed by atoms with Crippen LogP contribution in [0.25, 0.3) is 0 Å². The maximum absolute atomic E-state index is 12.2. The highest BCUT2D eigenvalue weighted by molar-refractivity contribution is 5.69. The Labute approximate surface area is 282 Å². The van der Waals surface area contributed by atoms with Crippen molar-refractivity contribution in [3.8, 4) is 0 Å². The first-order valence-electron chi connectivity index (χ1n) is 15.4. The zero-order chi connectivity index (χ0) is 36.8. The first kappa shape index (κ1) is 41.0. The van der Waals surface area contributed by atoms with Gasteiger partial charge >= 0.3 is 41.8 Å². The van der Waals surface area contributed by atoms with E-state index >= 15 is 0 Å². The molecule has 0 spiro atoms. The molecule has 2 aliphatic rings. The van der Waals surface area contributed by atoms with Crippen molar-refractivity contribution in [3.05, 3.63) is 12.7 Å². The van der Waals surface area contributed by atoms with Crippen molar-refractivity contribution >= 4 is 41.8 Å². The van der Waals surface area contributed by atoms with Crippen LogP contribution in [-0.2, 0) is 85.7 Å². The third kappa shape index (κ3) is 13.4. The minimum atomic E-state index is -1.62. The number of rotatable bonds is 16. The van der Waals surface area contributed by atoms with Gasteiger partial charge in [-0.25, -0.2) is 0 Å². The molecule has 0 bridgehead atoms. The van der Waals surface area contributed by atoms with E-state index in [4.69, 9.17) is 52.1 Å². The van der Waals surface area contributed by atoms with Gasteiger partial charge in [0.1, 0.15) is 18.8 Å². The maximum atomic E-state index is 12.2. The standard InChI is InChI=1S/C31H44O18/c1-9-10-11-12-39-30-28(46-20(7)37)26(44-18(5)35)25(43-17(4)34)23(48-30)14-41-31-29(47-21(8)38)27(45-19(6)36)24(42-16(3)33)22(49-31)13-40-15(2)32/h9,22-31H,1,10-14H2,2-8H3/t22-,23-,24+,25-,26+,27+,28-,29-,30-,31-/m1/s1. The van der Waals surface area contributed by atoms with Gasteiger partial charge in [0.05, 0.1) is 13.2 Å². The summed E-state index contributed by atoms with van der Waals surface area (Å²) in [6, 6.07) is 0. The van der Waals surface area contributed by atoms with Crippen LogP contribution in [0.2, 0.25) is 0 Å². The summed E-state index contributed by atoms with van der Waals surface area (Å²) in [7, 11) is 0. The topological polar surface area (TPSA) is 221 Å². The number of allylic oxidation sites excluding steroid dienone is 1. The summed E-state index contributed by atoms with van der Waals surface area (Å²) in [5.74, 6) is -5.67. The SMILES string of the molecule is C=CCCCO[C@@H]1O[C@H](CO[C@@H]2O[C@H](COC(C)=O)[C@H](OC(C)=O)[C@H](OC(C)=O)[C@H]2OC(C)=O)[C@@H](OC(C)=O)[C@H](OC(C)=O)[C@H]1OC(C)=O. The van der Waals surface area contributed by atoms with Gasteiger partial charge in [-0.1, -0.05) is 6.08 Å². The van der Waals surface area contributed by atoms with Gasteiger partial charge in [0.2, 0.25) is 0 Å². The van der Waals surface area contributed by atoms with E-state index in [1.165, 1.54) is 0 Å². The molecule has 276 valence electrons. The van der Waals surface area contributed by atoms with E-state index in [-0.39, 0.29) is 6.61 Å². The molecule has 0 saturated carbocycles. The smallest absolute Gasteiger partial charge is 0.303 e. The highest BCUT2D eigenvalue weighted by Gasteiger charge is 2.55. The highest BCUT2D eigenvalue weighted by atomic mass is 16.8. The molecular formula is C31H44O18. The van der Waals surface area contributed by atoms with Crippen LogP contribution in [0.5, 0.6) is 0 Å². The monoisotopic (exact) mass is 704 g/mol. The van der Waals surface area contributed by atoms with Crippen molar-refractivity contribution in [2.45, 2.75) is 123 Å². The molecule has 2 heterocycles. The second kappa shape index (κ2) is 19.8. The Morgan fingerprint density at radius 1 is 0.510 bits per heavy atom. The van der Waals surface area contributed by atoms with Crippen LogP contribution in [0, 0.1) is 0 Å². The molecule has 0 radical (unpaired) electrons. The van der Waals surface area contributed by atoms with E-state index in [9.17, 15) is 33.6 Å². The summed E-state index contributed by atoms with van der Waals surface area (Å²) in [5.41, 5.74) is 0. The van der Waals surface area contributed by atoms with Crippen molar-refractivity contribution in [2.75, 3.05) is 19.8 Å². The summed E-state index contributed by atoms with van der Waals surface area (Å²) in [6.45, 7) is 10.3. The number of ether oxygens (including phenoxy) is 11. The Morgan fingerprint density at radius 3 is 1.27 bits per heavy atom. The van der Waals surface area contributed by atoms with Crippen LogP contribution >= 0.6 is 0 Å². The van der Waals surface area contributed by atoms with Gasteiger partial charge in [0.25, 0.3) is 0 Å². The third-order valence-electron chi connectivity index (χ3n) is 6.70. The molecule has 49 heavy (non-hydrogen) atoms. The van der Waals surface area contributed by atoms with Crippen LogP contribution in [0.4, 0.5) is 0 Å². The quantitative estimate of drug-likeness (QED) is 0.0928. The number of hydrogen-bond donors (Lipinski definition) is 0. The van der Waals surface area contributed by atoms with E-state index < -0.39 is 116 Å². The molecule has 0 unspecified atom stereocenters. The molecule has 0 aromatic carbocycles. The van der Waals surface area contributed by atoms with Crippen LogP contribution in [0.3, 0.4) is 0 Å². The number of esters is 7. The molecule has 0 amide bonds. The third-order valence-corrected chi connectivity index (χ3v) is 6.70.